The van der Waals surface area contributed by atoms with Crippen LogP contribution < -0.4 is 20.4 Å². The molecule has 8 heteroatoms. The minimum atomic E-state index is -0.468. The molecule has 34 heavy (non-hydrogen) atoms. The highest BCUT2D eigenvalue weighted by atomic mass is 16.5. The normalized spacial score (nSPS) is 11.9. The summed E-state index contributed by atoms with van der Waals surface area (Å²) in [6.45, 7) is 1.87. The third kappa shape index (κ3) is 4.66. The molecular formula is C26H27N3O5. The molecule has 176 valence electrons. The van der Waals surface area contributed by atoms with Crippen LogP contribution in [0.4, 0.5) is 0 Å². The number of nitrogens with one attached hydrogen (secondary N) is 1. The largest absolute Gasteiger partial charge is 0.497 e. The highest BCUT2D eigenvalue weighted by Gasteiger charge is 2.22. The van der Waals surface area contributed by atoms with Crippen LogP contribution in [0.1, 0.15) is 35.0 Å². The fourth-order valence-electron chi connectivity index (χ4n) is 4.04. The lowest BCUT2D eigenvalue weighted by atomic mass is 10.0. The molecule has 4 rings (SSSR count). The highest BCUT2D eigenvalue weighted by Crippen LogP contribution is 2.26. The molecule has 0 fully saturated rings. The summed E-state index contributed by atoms with van der Waals surface area (Å²) in [5.41, 5.74) is 2.15. The van der Waals surface area contributed by atoms with E-state index in [9.17, 15) is 9.59 Å². The molecule has 0 radical (unpaired) electrons. The van der Waals surface area contributed by atoms with Crippen LogP contribution in [-0.2, 0) is 18.3 Å². The number of fused-ring (bicyclic) bond motifs is 1. The second-order valence-corrected chi connectivity index (χ2v) is 8.03. The molecule has 0 bridgehead atoms. The van der Waals surface area contributed by atoms with Crippen LogP contribution in [0.3, 0.4) is 0 Å². The summed E-state index contributed by atoms with van der Waals surface area (Å²) in [5, 5.41) is 3.88. The van der Waals surface area contributed by atoms with Gasteiger partial charge in [-0.2, -0.15) is 0 Å². The van der Waals surface area contributed by atoms with E-state index in [1.54, 1.807) is 26.5 Å². The summed E-state index contributed by atoms with van der Waals surface area (Å²) < 4.78 is 17.9. The molecule has 2 aromatic carbocycles. The van der Waals surface area contributed by atoms with Gasteiger partial charge in [0.2, 0.25) is 5.91 Å². The van der Waals surface area contributed by atoms with Crippen LogP contribution >= 0.6 is 0 Å². The Balaban J connectivity index is 1.56. The highest BCUT2D eigenvalue weighted by molar-refractivity contribution is 5.83. The van der Waals surface area contributed by atoms with Gasteiger partial charge in [0.25, 0.3) is 0 Å². The Kier molecular flexibility index (Phi) is 6.67. The first-order valence-electron chi connectivity index (χ1n) is 10.9. The van der Waals surface area contributed by atoms with E-state index in [0.29, 0.717) is 28.5 Å². The number of aryl methyl sites for hydroxylation is 2. The van der Waals surface area contributed by atoms with Gasteiger partial charge in [-0.25, -0.2) is 9.78 Å². The predicted octanol–water partition coefficient (Wildman–Crippen LogP) is 3.69. The van der Waals surface area contributed by atoms with Gasteiger partial charge in [-0.1, -0.05) is 12.1 Å². The summed E-state index contributed by atoms with van der Waals surface area (Å²) in [4.78, 5) is 30.1. The van der Waals surface area contributed by atoms with Gasteiger partial charge in [0.15, 0.2) is 0 Å². The Labute approximate surface area is 197 Å². The Morgan fingerprint density at radius 2 is 1.91 bits per heavy atom. The lowest BCUT2D eigenvalue weighted by Gasteiger charge is -2.20. The molecule has 1 N–H and O–H groups in total. The van der Waals surface area contributed by atoms with Crippen molar-refractivity contribution in [1.29, 1.82) is 0 Å². The van der Waals surface area contributed by atoms with Crippen LogP contribution in [0.15, 0.2) is 64.1 Å². The lowest BCUT2D eigenvalue weighted by molar-refractivity contribution is -0.121. The van der Waals surface area contributed by atoms with Gasteiger partial charge in [0, 0.05) is 42.9 Å². The second-order valence-electron chi connectivity index (χ2n) is 8.03. The fourth-order valence-corrected chi connectivity index (χ4v) is 4.04. The average Bonchev–Trinajstić information content (AvgIpc) is 3.27. The Morgan fingerprint density at radius 1 is 1.15 bits per heavy atom. The minimum Gasteiger partial charge on any atom is -0.497 e. The molecule has 0 aliphatic heterocycles. The van der Waals surface area contributed by atoms with Gasteiger partial charge >= 0.3 is 5.63 Å². The quantitative estimate of drug-likeness (QED) is 0.402. The summed E-state index contributed by atoms with van der Waals surface area (Å²) >= 11 is 0. The molecule has 1 unspecified atom stereocenters. The van der Waals surface area contributed by atoms with Gasteiger partial charge in [0.1, 0.15) is 28.9 Å². The van der Waals surface area contributed by atoms with Crippen molar-refractivity contribution in [1.82, 2.24) is 14.9 Å². The maximum Gasteiger partial charge on any atom is 0.339 e. The molecule has 1 atom stereocenters. The number of ether oxygens (including phenoxy) is 2. The van der Waals surface area contributed by atoms with Crippen molar-refractivity contribution in [2.75, 3.05) is 14.2 Å². The van der Waals surface area contributed by atoms with Gasteiger partial charge in [-0.05, 0) is 48.7 Å². The summed E-state index contributed by atoms with van der Waals surface area (Å²) in [5.74, 6) is 1.79. The molecule has 0 saturated carbocycles. The van der Waals surface area contributed by atoms with Crippen LogP contribution in [0.2, 0.25) is 0 Å². The van der Waals surface area contributed by atoms with Crippen molar-refractivity contribution in [2.24, 2.45) is 7.05 Å². The zero-order valence-electron chi connectivity index (χ0n) is 19.6. The molecule has 8 nitrogen and oxygen atoms in total. The van der Waals surface area contributed by atoms with Crippen molar-refractivity contribution in [3.63, 3.8) is 0 Å². The van der Waals surface area contributed by atoms with Crippen LogP contribution in [0.5, 0.6) is 11.5 Å². The SMILES string of the molecule is COc1cccc(C(NC(=O)CCc2c(C)c3ccc(OC)cc3oc2=O)c2nccn2C)c1. The monoisotopic (exact) mass is 461 g/mol. The number of amides is 1. The van der Waals surface area contributed by atoms with Gasteiger partial charge in [-0.3, -0.25) is 4.79 Å². The molecule has 0 aliphatic carbocycles. The number of hydrogen-bond acceptors (Lipinski definition) is 6. The van der Waals surface area contributed by atoms with E-state index in [2.05, 4.69) is 10.3 Å². The van der Waals surface area contributed by atoms with E-state index < -0.39 is 11.7 Å². The molecule has 0 aliphatic rings. The third-order valence-corrected chi connectivity index (χ3v) is 5.95. The number of nitrogens with zero attached hydrogens (tertiary/aromatic N) is 2. The fraction of sp³-hybridized carbons (Fsp3) is 0.269. The van der Waals surface area contributed by atoms with E-state index in [1.165, 1.54) is 0 Å². The number of carbonyl (C=O) groups is 1. The topological polar surface area (TPSA) is 95.6 Å². The van der Waals surface area contributed by atoms with Crippen molar-refractivity contribution in [2.45, 2.75) is 25.8 Å². The maximum absolute atomic E-state index is 13.0. The lowest BCUT2D eigenvalue weighted by Crippen LogP contribution is -2.31. The predicted molar refractivity (Wildman–Crippen MR) is 128 cm³/mol. The van der Waals surface area contributed by atoms with Crippen LogP contribution in [0.25, 0.3) is 11.0 Å². The molecule has 2 aromatic heterocycles. The molecule has 1 amide bonds. The van der Waals surface area contributed by atoms with Gasteiger partial charge in [-0.15, -0.1) is 0 Å². The smallest absolute Gasteiger partial charge is 0.339 e. The number of benzene rings is 2. The number of aromatic nitrogens is 2. The summed E-state index contributed by atoms with van der Waals surface area (Å²) in [6.07, 6.45) is 3.89. The van der Waals surface area contributed by atoms with Crippen molar-refractivity contribution >= 4 is 16.9 Å². The molecule has 4 aromatic rings. The van der Waals surface area contributed by atoms with Crippen LogP contribution in [-0.4, -0.2) is 29.7 Å². The maximum atomic E-state index is 13.0. The Hall–Kier alpha value is -4.07. The van der Waals surface area contributed by atoms with E-state index >= 15 is 0 Å². The zero-order valence-corrected chi connectivity index (χ0v) is 19.6. The average molecular weight is 462 g/mol. The minimum absolute atomic E-state index is 0.123. The van der Waals surface area contributed by atoms with Crippen molar-refractivity contribution in [3.8, 4) is 11.5 Å². The van der Waals surface area contributed by atoms with Gasteiger partial charge in [0.05, 0.1) is 14.2 Å². The van der Waals surface area contributed by atoms with Crippen LogP contribution in [0, 0.1) is 6.92 Å². The third-order valence-electron chi connectivity index (χ3n) is 5.95. The number of carbonyl (C=O) groups excluding carboxylic acids is 1. The Bertz CT molecular complexity index is 1390. The summed E-state index contributed by atoms with van der Waals surface area (Å²) in [7, 11) is 5.03. The first-order valence-corrected chi connectivity index (χ1v) is 10.9. The molecule has 0 saturated heterocycles. The summed E-state index contributed by atoms with van der Waals surface area (Å²) in [6, 6.07) is 12.4. The molecular weight excluding hydrogens is 434 g/mol. The molecule has 2 heterocycles. The van der Waals surface area contributed by atoms with Gasteiger partial charge < -0.3 is 23.8 Å². The number of imidazole rings is 1. The van der Waals surface area contributed by atoms with E-state index in [0.717, 1.165) is 16.5 Å². The van der Waals surface area contributed by atoms with E-state index in [1.807, 2.05) is 61.1 Å². The molecule has 0 spiro atoms. The van der Waals surface area contributed by atoms with Crippen molar-refractivity contribution in [3.05, 3.63) is 87.8 Å². The second kappa shape index (κ2) is 9.82. The van der Waals surface area contributed by atoms with E-state index in [4.69, 9.17) is 13.9 Å². The Morgan fingerprint density at radius 3 is 2.62 bits per heavy atom. The van der Waals surface area contributed by atoms with Crippen molar-refractivity contribution < 1.29 is 18.7 Å². The first-order chi connectivity index (χ1) is 16.4. The standard InChI is InChI=1S/C26H27N3O5/c1-16-20-9-8-19(33-4)15-22(20)34-26(31)21(16)10-11-23(30)28-24(25-27-12-13-29(25)2)17-6-5-7-18(14-17)32-3/h5-9,12-15,24H,10-11H2,1-4H3,(H,28,30). The number of rotatable bonds is 8. The number of methoxy groups -OCH3 is 2. The first kappa shape index (κ1) is 23.1. The van der Waals surface area contributed by atoms with E-state index in [-0.39, 0.29) is 18.7 Å². The number of hydrogen-bond donors (Lipinski definition) is 1. The zero-order chi connectivity index (χ0) is 24.2.